The summed E-state index contributed by atoms with van der Waals surface area (Å²) in [5.41, 5.74) is 2.12. The van der Waals surface area contributed by atoms with Crippen molar-refractivity contribution in [1.29, 1.82) is 0 Å². The van der Waals surface area contributed by atoms with Gasteiger partial charge in [0.05, 0.1) is 11.2 Å². The Labute approximate surface area is 96.7 Å². The van der Waals surface area contributed by atoms with E-state index in [9.17, 15) is 9.18 Å². The molecule has 0 fully saturated rings. The van der Waals surface area contributed by atoms with Gasteiger partial charge in [-0.15, -0.1) is 0 Å². The molecule has 0 unspecified atom stereocenters. The summed E-state index contributed by atoms with van der Waals surface area (Å²) < 4.78 is 13.2. The zero-order valence-electron chi connectivity index (χ0n) is 8.45. The van der Waals surface area contributed by atoms with Crippen molar-refractivity contribution in [1.82, 2.24) is 5.43 Å². The number of nitrogens with zero attached hydrogens (tertiary/aromatic N) is 1. The van der Waals surface area contributed by atoms with E-state index in [1.54, 1.807) is 0 Å². The van der Waals surface area contributed by atoms with E-state index in [4.69, 9.17) is 16.7 Å². The third kappa shape index (κ3) is 3.29. The molecule has 0 spiro atoms. The number of benzene rings is 1. The van der Waals surface area contributed by atoms with Crippen LogP contribution in [0, 0.1) is 5.82 Å². The van der Waals surface area contributed by atoms with Crippen molar-refractivity contribution in [2.24, 2.45) is 5.10 Å². The van der Waals surface area contributed by atoms with E-state index in [0.717, 1.165) is 6.21 Å². The first-order valence-corrected chi connectivity index (χ1v) is 4.85. The molecule has 1 amide bonds. The normalized spacial score (nSPS) is 12.8. The van der Waals surface area contributed by atoms with Gasteiger partial charge in [-0.25, -0.2) is 9.82 Å². The summed E-state index contributed by atoms with van der Waals surface area (Å²) >= 11 is 5.71. The molecule has 1 aromatic rings. The van der Waals surface area contributed by atoms with E-state index in [0.29, 0.717) is 0 Å². The third-order valence-corrected chi connectivity index (χ3v) is 2.08. The minimum absolute atomic E-state index is 0.0788. The van der Waals surface area contributed by atoms with Gasteiger partial charge in [-0.05, 0) is 19.1 Å². The zero-order valence-corrected chi connectivity index (χ0v) is 9.20. The summed E-state index contributed by atoms with van der Waals surface area (Å²) in [5, 5.41) is 12.5. The summed E-state index contributed by atoms with van der Waals surface area (Å²) in [6, 6.07) is 4.19. The van der Waals surface area contributed by atoms with Crippen LogP contribution >= 0.6 is 11.6 Å². The highest BCUT2D eigenvalue weighted by molar-refractivity contribution is 6.33. The maximum Gasteiger partial charge on any atom is 0.268 e. The van der Waals surface area contributed by atoms with Crippen molar-refractivity contribution in [3.8, 4) is 0 Å². The lowest BCUT2D eigenvalue weighted by atomic mass is 10.2. The number of nitrogens with one attached hydrogen (secondary N) is 1. The first-order chi connectivity index (χ1) is 7.52. The lowest BCUT2D eigenvalue weighted by Gasteiger charge is -2.02. The predicted molar refractivity (Wildman–Crippen MR) is 58.8 cm³/mol. The molecule has 16 heavy (non-hydrogen) atoms. The van der Waals surface area contributed by atoms with Gasteiger partial charge >= 0.3 is 0 Å². The van der Waals surface area contributed by atoms with E-state index < -0.39 is 17.8 Å². The van der Waals surface area contributed by atoms with Crippen molar-refractivity contribution in [3.63, 3.8) is 0 Å². The number of aliphatic hydroxyl groups is 1. The van der Waals surface area contributed by atoms with E-state index in [1.165, 1.54) is 25.1 Å². The molecule has 86 valence electrons. The van der Waals surface area contributed by atoms with Gasteiger partial charge in [-0.3, -0.25) is 4.79 Å². The maximum absolute atomic E-state index is 13.2. The number of hydrogen-bond acceptors (Lipinski definition) is 3. The average Bonchev–Trinajstić information content (AvgIpc) is 2.22. The Morgan fingerprint density at radius 2 is 2.38 bits per heavy atom. The van der Waals surface area contributed by atoms with Gasteiger partial charge in [0.15, 0.2) is 0 Å². The molecule has 0 saturated carbocycles. The molecule has 2 N–H and O–H groups in total. The Hall–Kier alpha value is -1.46. The molecule has 6 heteroatoms. The molecular weight excluding hydrogens is 235 g/mol. The molecule has 1 rings (SSSR count). The topological polar surface area (TPSA) is 61.7 Å². The highest BCUT2D eigenvalue weighted by Crippen LogP contribution is 2.16. The summed E-state index contributed by atoms with van der Waals surface area (Å²) in [6.45, 7) is 1.29. The van der Waals surface area contributed by atoms with E-state index in [2.05, 4.69) is 5.10 Å². The third-order valence-electron chi connectivity index (χ3n) is 1.75. The average molecular weight is 245 g/mol. The SMILES string of the molecule is C[C@@H](O)C(=O)N/N=C/c1c(F)cccc1Cl. The predicted octanol–water partition coefficient (Wildman–Crippen LogP) is 1.31. The second-order valence-electron chi connectivity index (χ2n) is 3.05. The summed E-state index contributed by atoms with van der Waals surface area (Å²) in [5.74, 6) is -1.22. The van der Waals surface area contributed by atoms with Gasteiger partial charge in [0.2, 0.25) is 0 Å². The fourth-order valence-corrected chi connectivity index (χ4v) is 1.10. The van der Waals surface area contributed by atoms with Crippen molar-refractivity contribution < 1.29 is 14.3 Å². The van der Waals surface area contributed by atoms with E-state index in [1.807, 2.05) is 5.43 Å². The first-order valence-electron chi connectivity index (χ1n) is 4.47. The Bertz CT molecular complexity index is 401. The molecule has 4 nitrogen and oxygen atoms in total. The van der Waals surface area contributed by atoms with Crippen molar-refractivity contribution in [2.75, 3.05) is 0 Å². The van der Waals surface area contributed by atoms with Crippen molar-refractivity contribution in [2.45, 2.75) is 13.0 Å². The van der Waals surface area contributed by atoms with Crippen molar-refractivity contribution in [3.05, 3.63) is 34.6 Å². The van der Waals surface area contributed by atoms with Gasteiger partial charge in [-0.2, -0.15) is 5.10 Å². The highest BCUT2D eigenvalue weighted by atomic mass is 35.5. The highest BCUT2D eigenvalue weighted by Gasteiger charge is 2.07. The molecule has 1 atom stereocenters. The molecular formula is C10H10ClFN2O2. The van der Waals surface area contributed by atoms with Crippen LogP contribution in [0.1, 0.15) is 12.5 Å². The molecule has 0 saturated heterocycles. The summed E-state index contributed by atoms with van der Waals surface area (Å²) in [6.07, 6.45) is -0.0916. The van der Waals surface area contributed by atoms with Crippen LogP contribution in [0.3, 0.4) is 0 Å². The lowest BCUT2D eigenvalue weighted by Crippen LogP contribution is -2.28. The molecule has 0 aliphatic carbocycles. The van der Waals surface area contributed by atoms with Crippen LogP contribution in [-0.2, 0) is 4.79 Å². The Kier molecular flexibility index (Phi) is 4.39. The van der Waals surface area contributed by atoms with Crippen LogP contribution in [-0.4, -0.2) is 23.3 Å². The van der Waals surface area contributed by atoms with Crippen LogP contribution in [0.2, 0.25) is 5.02 Å². The van der Waals surface area contributed by atoms with Crippen LogP contribution in [0.15, 0.2) is 23.3 Å². The standard InChI is InChI=1S/C10H10ClFN2O2/c1-6(15)10(16)14-13-5-7-8(11)3-2-4-9(7)12/h2-6,15H,1H3,(H,14,16)/b13-5+/t6-/m1/s1. The van der Waals surface area contributed by atoms with Gasteiger partial charge < -0.3 is 5.11 Å². The number of halogens is 2. The first kappa shape index (κ1) is 12.6. The minimum Gasteiger partial charge on any atom is -0.383 e. The summed E-state index contributed by atoms with van der Waals surface area (Å²) in [4.78, 5) is 10.9. The van der Waals surface area contributed by atoms with E-state index in [-0.39, 0.29) is 10.6 Å². The molecule has 0 aromatic heterocycles. The molecule has 0 heterocycles. The van der Waals surface area contributed by atoms with Gasteiger partial charge in [0.1, 0.15) is 11.9 Å². The second-order valence-corrected chi connectivity index (χ2v) is 3.45. The fraction of sp³-hybridized carbons (Fsp3) is 0.200. The second kappa shape index (κ2) is 5.58. The number of hydrogen-bond donors (Lipinski definition) is 2. The van der Waals surface area contributed by atoms with Gasteiger partial charge in [0, 0.05) is 5.56 Å². The molecule has 0 aliphatic rings. The Morgan fingerprint density at radius 3 is 2.94 bits per heavy atom. The molecule has 0 bridgehead atoms. The molecule has 0 aliphatic heterocycles. The summed E-state index contributed by atoms with van der Waals surface area (Å²) in [7, 11) is 0. The minimum atomic E-state index is -1.17. The monoisotopic (exact) mass is 244 g/mol. The van der Waals surface area contributed by atoms with Gasteiger partial charge in [-0.1, -0.05) is 17.7 Å². The van der Waals surface area contributed by atoms with Crippen LogP contribution in [0.4, 0.5) is 4.39 Å². The number of carbonyl (C=O) groups is 1. The number of hydrazone groups is 1. The van der Waals surface area contributed by atoms with Crippen LogP contribution in [0.25, 0.3) is 0 Å². The smallest absolute Gasteiger partial charge is 0.268 e. The van der Waals surface area contributed by atoms with Crippen LogP contribution < -0.4 is 5.43 Å². The number of aliphatic hydroxyl groups excluding tert-OH is 1. The van der Waals surface area contributed by atoms with Crippen molar-refractivity contribution >= 4 is 23.7 Å². The van der Waals surface area contributed by atoms with Gasteiger partial charge in [0.25, 0.3) is 5.91 Å². The van der Waals surface area contributed by atoms with Crippen LogP contribution in [0.5, 0.6) is 0 Å². The zero-order chi connectivity index (χ0) is 12.1. The maximum atomic E-state index is 13.2. The number of rotatable bonds is 3. The Balaban J connectivity index is 2.74. The quantitative estimate of drug-likeness (QED) is 0.622. The fourth-order valence-electron chi connectivity index (χ4n) is 0.888. The van der Waals surface area contributed by atoms with E-state index >= 15 is 0 Å². The largest absolute Gasteiger partial charge is 0.383 e. The molecule has 0 radical (unpaired) electrons. The lowest BCUT2D eigenvalue weighted by molar-refractivity contribution is -0.128. The Morgan fingerprint density at radius 1 is 1.69 bits per heavy atom. The molecule has 1 aromatic carbocycles. The number of carbonyl (C=O) groups excluding carboxylic acids is 1. The number of amides is 1.